The molecule has 0 radical (unpaired) electrons. The van der Waals surface area contributed by atoms with Crippen LogP contribution in [0.2, 0.25) is 5.02 Å². The van der Waals surface area contributed by atoms with E-state index in [9.17, 15) is 19.4 Å². The van der Waals surface area contributed by atoms with Gasteiger partial charge in [0.15, 0.2) is 0 Å². The minimum Gasteiger partial charge on any atom is -0.481 e. The second-order valence-electron chi connectivity index (χ2n) is 9.61. The second-order valence-corrected chi connectivity index (χ2v) is 10.0. The number of halogens is 2. The van der Waals surface area contributed by atoms with Crippen LogP contribution < -0.4 is 0 Å². The maximum Gasteiger partial charge on any atom is 0.312 e. The van der Waals surface area contributed by atoms with Gasteiger partial charge in [0.25, 0.3) is 0 Å². The molecular weight excluding hydrogens is 453 g/mol. The van der Waals surface area contributed by atoms with E-state index in [1.807, 2.05) is 60.7 Å². The van der Waals surface area contributed by atoms with Gasteiger partial charge in [-0.2, -0.15) is 0 Å². The molecule has 2 fully saturated rings. The molecule has 1 saturated heterocycles. The van der Waals surface area contributed by atoms with Gasteiger partial charge >= 0.3 is 5.97 Å². The first-order valence-corrected chi connectivity index (χ1v) is 11.9. The number of nitrogens with zero attached hydrogens (tertiary/aromatic N) is 1. The lowest BCUT2D eigenvalue weighted by Gasteiger charge is -2.51. The maximum atomic E-state index is 14.4. The quantitative estimate of drug-likeness (QED) is 0.511. The van der Waals surface area contributed by atoms with E-state index in [1.54, 1.807) is 6.07 Å². The number of aliphatic hydroxyl groups is 1. The SMILES string of the molecule is O=C(O)C12CN(Cc3ccccc3)CC1C(O)(c1ccc(Cl)c(F)c1)CCC2c1ccccc1. The van der Waals surface area contributed by atoms with Gasteiger partial charge in [0, 0.05) is 31.5 Å². The average Bonchev–Trinajstić information content (AvgIpc) is 3.24. The number of carbonyl (C=O) groups is 1. The Kier molecular flexibility index (Phi) is 5.96. The third-order valence-electron chi connectivity index (χ3n) is 7.83. The molecule has 1 aliphatic carbocycles. The van der Waals surface area contributed by atoms with E-state index in [1.165, 1.54) is 12.1 Å². The molecule has 176 valence electrons. The van der Waals surface area contributed by atoms with Crippen molar-refractivity contribution in [3.05, 3.63) is 106 Å². The third kappa shape index (κ3) is 3.72. The lowest BCUT2D eigenvalue weighted by atomic mass is 9.53. The minimum absolute atomic E-state index is 0.0213. The van der Waals surface area contributed by atoms with Crippen molar-refractivity contribution >= 4 is 17.6 Å². The molecule has 34 heavy (non-hydrogen) atoms. The van der Waals surface area contributed by atoms with Crippen LogP contribution >= 0.6 is 11.6 Å². The number of carboxylic acid groups (broad SMARTS) is 1. The molecule has 1 heterocycles. The van der Waals surface area contributed by atoms with Crippen LogP contribution in [0.3, 0.4) is 0 Å². The van der Waals surface area contributed by atoms with Gasteiger partial charge in [-0.1, -0.05) is 78.3 Å². The molecule has 2 aliphatic rings. The van der Waals surface area contributed by atoms with Crippen molar-refractivity contribution in [2.45, 2.75) is 30.9 Å². The molecule has 1 aliphatic heterocycles. The van der Waals surface area contributed by atoms with E-state index < -0.39 is 28.7 Å². The minimum atomic E-state index is -1.49. The largest absolute Gasteiger partial charge is 0.481 e. The summed E-state index contributed by atoms with van der Waals surface area (Å²) in [6.07, 6.45) is 0.819. The summed E-state index contributed by atoms with van der Waals surface area (Å²) in [6.45, 7) is 1.28. The van der Waals surface area contributed by atoms with E-state index >= 15 is 0 Å². The Morgan fingerprint density at radius 3 is 2.38 bits per heavy atom. The van der Waals surface area contributed by atoms with Crippen LogP contribution in [-0.4, -0.2) is 34.2 Å². The van der Waals surface area contributed by atoms with Gasteiger partial charge in [-0.05, 0) is 41.7 Å². The molecule has 4 atom stereocenters. The topological polar surface area (TPSA) is 60.8 Å². The maximum absolute atomic E-state index is 14.4. The van der Waals surface area contributed by atoms with Gasteiger partial charge in [-0.25, -0.2) is 4.39 Å². The Bertz CT molecular complexity index is 1190. The highest BCUT2D eigenvalue weighted by molar-refractivity contribution is 6.30. The van der Waals surface area contributed by atoms with Gasteiger partial charge in [0.2, 0.25) is 0 Å². The summed E-state index contributed by atoms with van der Waals surface area (Å²) in [5, 5.41) is 22.8. The summed E-state index contributed by atoms with van der Waals surface area (Å²) < 4.78 is 14.4. The van der Waals surface area contributed by atoms with E-state index in [4.69, 9.17) is 11.6 Å². The number of hydrogen-bond donors (Lipinski definition) is 2. The number of hydrogen-bond acceptors (Lipinski definition) is 3. The van der Waals surface area contributed by atoms with Crippen molar-refractivity contribution in [3.63, 3.8) is 0 Å². The van der Waals surface area contributed by atoms with Crippen molar-refractivity contribution in [1.29, 1.82) is 0 Å². The standard InChI is InChI=1S/C28H27ClFNO3/c29-23-12-11-21(15-24(23)30)28(34)14-13-22(20-9-5-2-6-10-20)27(26(32)33)18-31(17-25(27)28)16-19-7-3-1-4-8-19/h1-12,15,22,25,34H,13-14,16-18H2,(H,32,33). The van der Waals surface area contributed by atoms with Crippen LogP contribution in [0, 0.1) is 17.2 Å². The van der Waals surface area contributed by atoms with Gasteiger partial charge in [-0.15, -0.1) is 0 Å². The Morgan fingerprint density at radius 2 is 1.74 bits per heavy atom. The summed E-state index contributed by atoms with van der Waals surface area (Å²) >= 11 is 5.91. The molecular formula is C28H27ClFNO3. The molecule has 2 N–H and O–H groups in total. The Hall–Kier alpha value is -2.73. The molecule has 1 saturated carbocycles. The fraction of sp³-hybridized carbons (Fsp3) is 0.321. The van der Waals surface area contributed by atoms with E-state index in [2.05, 4.69) is 4.90 Å². The lowest BCUT2D eigenvalue weighted by molar-refractivity contribution is -0.169. The van der Waals surface area contributed by atoms with Crippen LogP contribution in [0.15, 0.2) is 78.9 Å². The number of aliphatic carboxylic acids is 1. The van der Waals surface area contributed by atoms with Crippen LogP contribution in [-0.2, 0) is 16.9 Å². The molecule has 0 spiro atoms. The fourth-order valence-corrected chi connectivity index (χ4v) is 6.40. The highest BCUT2D eigenvalue weighted by Gasteiger charge is 2.66. The van der Waals surface area contributed by atoms with Crippen molar-refractivity contribution in [1.82, 2.24) is 4.90 Å². The zero-order valence-corrected chi connectivity index (χ0v) is 19.5. The molecule has 3 aromatic rings. The predicted molar refractivity (Wildman–Crippen MR) is 129 cm³/mol. The molecule has 6 heteroatoms. The first-order chi connectivity index (χ1) is 16.3. The van der Waals surface area contributed by atoms with E-state index in [0.29, 0.717) is 38.0 Å². The van der Waals surface area contributed by atoms with Crippen LogP contribution in [0.1, 0.15) is 35.4 Å². The zero-order valence-electron chi connectivity index (χ0n) is 18.7. The van der Waals surface area contributed by atoms with Gasteiger partial charge in [0.05, 0.1) is 16.0 Å². The first-order valence-electron chi connectivity index (χ1n) is 11.6. The zero-order chi connectivity index (χ0) is 23.9. The van der Waals surface area contributed by atoms with Crippen molar-refractivity contribution in [3.8, 4) is 0 Å². The fourth-order valence-electron chi connectivity index (χ4n) is 6.28. The van der Waals surface area contributed by atoms with Crippen LogP contribution in [0.4, 0.5) is 4.39 Å². The molecule has 4 unspecified atom stereocenters. The summed E-state index contributed by atoms with van der Waals surface area (Å²) in [5.74, 6) is -2.43. The Balaban J connectivity index is 1.62. The van der Waals surface area contributed by atoms with E-state index in [-0.39, 0.29) is 10.9 Å². The molecule has 5 rings (SSSR count). The molecule has 0 amide bonds. The second kappa shape index (κ2) is 8.81. The normalized spacial score (nSPS) is 29.0. The van der Waals surface area contributed by atoms with Gasteiger partial charge < -0.3 is 10.2 Å². The Labute approximate surface area is 203 Å². The molecule has 0 bridgehead atoms. The van der Waals surface area contributed by atoms with Gasteiger partial charge in [-0.3, -0.25) is 9.69 Å². The van der Waals surface area contributed by atoms with Gasteiger partial charge in [0.1, 0.15) is 5.82 Å². The lowest BCUT2D eigenvalue weighted by Crippen LogP contribution is -2.56. The third-order valence-corrected chi connectivity index (χ3v) is 8.14. The highest BCUT2D eigenvalue weighted by atomic mass is 35.5. The number of benzene rings is 3. The number of likely N-dealkylation sites (tertiary alicyclic amines) is 1. The van der Waals surface area contributed by atoms with Crippen molar-refractivity contribution < 1.29 is 19.4 Å². The number of rotatable bonds is 5. The molecule has 0 aromatic heterocycles. The highest BCUT2D eigenvalue weighted by Crippen LogP contribution is 2.61. The van der Waals surface area contributed by atoms with Crippen LogP contribution in [0.25, 0.3) is 0 Å². The summed E-state index contributed by atoms with van der Waals surface area (Å²) in [7, 11) is 0. The monoisotopic (exact) mass is 479 g/mol. The van der Waals surface area contributed by atoms with Crippen molar-refractivity contribution in [2.24, 2.45) is 11.3 Å². The number of carboxylic acids is 1. The predicted octanol–water partition coefficient (Wildman–Crippen LogP) is 5.45. The molecule has 3 aromatic carbocycles. The molecule has 4 nitrogen and oxygen atoms in total. The van der Waals surface area contributed by atoms with Crippen LogP contribution in [0.5, 0.6) is 0 Å². The van der Waals surface area contributed by atoms with Crippen molar-refractivity contribution in [2.75, 3.05) is 13.1 Å². The van der Waals surface area contributed by atoms with E-state index in [0.717, 1.165) is 11.1 Å². The summed E-state index contributed by atoms with van der Waals surface area (Å²) in [4.78, 5) is 15.3. The Morgan fingerprint density at radius 1 is 1.06 bits per heavy atom. The summed E-state index contributed by atoms with van der Waals surface area (Å²) in [6, 6.07) is 23.9. The average molecular weight is 480 g/mol. The summed E-state index contributed by atoms with van der Waals surface area (Å²) in [5.41, 5.74) is -0.280. The number of fused-ring (bicyclic) bond motifs is 1. The smallest absolute Gasteiger partial charge is 0.312 e. The first kappa shape index (κ1) is 23.0.